The van der Waals surface area contributed by atoms with E-state index in [9.17, 15) is 28.0 Å². The van der Waals surface area contributed by atoms with Crippen LogP contribution in [0.4, 0.5) is 13.6 Å². The van der Waals surface area contributed by atoms with Crippen LogP contribution in [0.5, 0.6) is 5.75 Å². The molecule has 0 aliphatic rings. The van der Waals surface area contributed by atoms with E-state index in [4.69, 9.17) is 9.47 Å². The molecule has 1 heterocycles. The van der Waals surface area contributed by atoms with E-state index in [1.807, 2.05) is 0 Å². The SMILES string of the molecule is C=C[C@H](C)CC(=O)c1c(OCc2ccccc2)c(=O)c(C(=O)NCc2ccc(F)cc2F)cn1NC(=O)OC(C)(C)C. The summed E-state index contributed by atoms with van der Waals surface area (Å²) in [4.78, 5) is 53.1. The van der Waals surface area contributed by atoms with Crippen LogP contribution in [-0.2, 0) is 17.9 Å². The summed E-state index contributed by atoms with van der Waals surface area (Å²) < 4.78 is 39.5. The zero-order valence-electron chi connectivity index (χ0n) is 23.8. The molecule has 222 valence electrons. The summed E-state index contributed by atoms with van der Waals surface area (Å²) in [5.74, 6) is -3.96. The van der Waals surface area contributed by atoms with Crippen molar-refractivity contribution in [3.8, 4) is 5.75 Å². The zero-order valence-corrected chi connectivity index (χ0v) is 23.8. The molecule has 0 saturated carbocycles. The highest BCUT2D eigenvalue weighted by atomic mass is 19.1. The van der Waals surface area contributed by atoms with Gasteiger partial charge in [0.15, 0.2) is 17.2 Å². The topological polar surface area (TPSA) is 116 Å². The first-order chi connectivity index (χ1) is 19.8. The first-order valence-electron chi connectivity index (χ1n) is 13.1. The molecule has 11 heteroatoms. The Bertz CT molecular complexity index is 1530. The van der Waals surface area contributed by atoms with Crippen molar-refractivity contribution in [1.82, 2.24) is 9.99 Å². The number of nitrogens with one attached hydrogen (secondary N) is 2. The summed E-state index contributed by atoms with van der Waals surface area (Å²) >= 11 is 0. The number of hydrogen-bond donors (Lipinski definition) is 2. The quantitative estimate of drug-likeness (QED) is 0.228. The first-order valence-corrected chi connectivity index (χ1v) is 13.1. The van der Waals surface area contributed by atoms with Crippen molar-refractivity contribution in [3.63, 3.8) is 0 Å². The van der Waals surface area contributed by atoms with E-state index in [1.165, 1.54) is 0 Å². The monoisotopic (exact) mass is 581 g/mol. The van der Waals surface area contributed by atoms with Crippen LogP contribution in [0.2, 0.25) is 0 Å². The molecule has 9 nitrogen and oxygen atoms in total. The Hall–Kier alpha value is -4.80. The molecule has 0 bridgehead atoms. The van der Waals surface area contributed by atoms with Gasteiger partial charge in [-0.3, -0.25) is 14.4 Å². The molecule has 0 aliphatic carbocycles. The van der Waals surface area contributed by atoms with Crippen LogP contribution in [0.1, 0.15) is 66.1 Å². The molecular weight excluding hydrogens is 548 g/mol. The Morgan fingerprint density at radius 2 is 1.79 bits per heavy atom. The van der Waals surface area contributed by atoms with Gasteiger partial charge < -0.3 is 14.8 Å². The Balaban J connectivity index is 2.11. The number of Topliss-reactive ketones (excluding diaryl/α,β-unsaturated/α-hetero) is 1. The Kier molecular flexibility index (Phi) is 10.4. The maximum absolute atomic E-state index is 14.1. The first kappa shape index (κ1) is 31.7. The number of rotatable bonds is 11. The number of ether oxygens (including phenoxy) is 2. The summed E-state index contributed by atoms with van der Waals surface area (Å²) in [5, 5.41) is 2.41. The molecule has 2 N–H and O–H groups in total. The highest BCUT2D eigenvalue weighted by Gasteiger charge is 2.28. The number of nitrogens with zero attached hydrogens (tertiary/aromatic N) is 1. The standard InChI is InChI=1S/C31H33F2N3O6/c1-6-19(2)14-25(37)26-28(41-18-20-10-8-7-9-11-20)27(38)23(17-36(26)35-30(40)42-31(3,4)5)29(39)34-16-21-12-13-22(32)15-24(21)33/h6-13,15,17,19H,1,14,16,18H2,2-5H3,(H,34,39)(H,35,40)/t19-/m0/s1. The van der Waals surface area contributed by atoms with Crippen LogP contribution in [0.25, 0.3) is 0 Å². The Morgan fingerprint density at radius 1 is 1.10 bits per heavy atom. The minimum Gasteiger partial charge on any atom is -0.483 e. The average Bonchev–Trinajstić information content (AvgIpc) is 2.91. The minimum absolute atomic E-state index is 0.0253. The van der Waals surface area contributed by atoms with Crippen LogP contribution in [0.15, 0.2) is 72.2 Å². The third-order valence-electron chi connectivity index (χ3n) is 5.87. The van der Waals surface area contributed by atoms with Gasteiger partial charge in [0.25, 0.3) is 5.91 Å². The normalized spacial score (nSPS) is 11.8. The molecule has 0 unspecified atom stereocenters. The number of amides is 2. The third kappa shape index (κ3) is 8.60. The summed E-state index contributed by atoms with van der Waals surface area (Å²) in [6.45, 7) is 9.83. The van der Waals surface area contributed by atoms with Crippen molar-refractivity contribution in [3.05, 3.63) is 112 Å². The maximum atomic E-state index is 14.1. The number of carbonyl (C=O) groups excluding carboxylic acids is 3. The minimum atomic E-state index is -0.967. The van der Waals surface area contributed by atoms with Gasteiger partial charge in [-0.25, -0.2) is 23.7 Å². The average molecular weight is 582 g/mol. The van der Waals surface area contributed by atoms with Gasteiger partial charge in [0.2, 0.25) is 5.43 Å². The zero-order chi connectivity index (χ0) is 31.0. The van der Waals surface area contributed by atoms with Crippen LogP contribution >= 0.6 is 0 Å². The van der Waals surface area contributed by atoms with E-state index in [0.717, 1.165) is 23.0 Å². The number of benzene rings is 2. The van der Waals surface area contributed by atoms with Crippen molar-refractivity contribution < 1.29 is 32.6 Å². The van der Waals surface area contributed by atoms with Crippen LogP contribution < -0.4 is 20.9 Å². The number of hydrogen-bond acceptors (Lipinski definition) is 6. The molecule has 1 aromatic heterocycles. The van der Waals surface area contributed by atoms with E-state index in [-0.39, 0.29) is 36.7 Å². The summed E-state index contributed by atoms with van der Waals surface area (Å²) in [6, 6.07) is 11.7. The molecule has 3 rings (SSSR count). The molecule has 1 atom stereocenters. The van der Waals surface area contributed by atoms with Gasteiger partial charge in [-0.1, -0.05) is 49.4 Å². The van der Waals surface area contributed by atoms with Gasteiger partial charge in [0, 0.05) is 30.8 Å². The molecule has 0 saturated heterocycles. The molecule has 0 spiro atoms. The van der Waals surface area contributed by atoms with Crippen molar-refractivity contribution in [2.45, 2.75) is 52.9 Å². The number of ketones is 1. The lowest BCUT2D eigenvalue weighted by Gasteiger charge is -2.23. The van der Waals surface area contributed by atoms with E-state index < -0.39 is 51.8 Å². The third-order valence-corrected chi connectivity index (χ3v) is 5.87. The molecule has 0 fully saturated rings. The lowest BCUT2D eigenvalue weighted by atomic mass is 10.0. The van der Waals surface area contributed by atoms with Gasteiger partial charge in [0.05, 0.1) is 0 Å². The fraction of sp³-hybridized carbons (Fsp3) is 0.290. The predicted octanol–water partition coefficient (Wildman–Crippen LogP) is 5.51. The van der Waals surface area contributed by atoms with E-state index in [2.05, 4.69) is 17.3 Å². The van der Waals surface area contributed by atoms with Gasteiger partial charge in [-0.15, -0.1) is 6.58 Å². The van der Waals surface area contributed by atoms with Crippen molar-refractivity contribution in [2.75, 3.05) is 5.43 Å². The number of aromatic nitrogens is 1. The fourth-order valence-corrected chi connectivity index (χ4v) is 3.77. The van der Waals surface area contributed by atoms with Gasteiger partial charge in [-0.05, 0) is 38.3 Å². The molecule has 2 amide bonds. The highest BCUT2D eigenvalue weighted by Crippen LogP contribution is 2.21. The van der Waals surface area contributed by atoms with Crippen LogP contribution in [0, 0.1) is 17.6 Å². The largest absolute Gasteiger partial charge is 0.483 e. The lowest BCUT2D eigenvalue weighted by molar-refractivity contribution is 0.0611. The molecule has 3 aromatic rings. The number of carbonyl (C=O) groups is 3. The fourth-order valence-electron chi connectivity index (χ4n) is 3.77. The molecule has 0 radical (unpaired) electrons. The van der Waals surface area contributed by atoms with E-state index in [1.54, 1.807) is 64.1 Å². The molecule has 2 aromatic carbocycles. The Morgan fingerprint density at radius 3 is 2.40 bits per heavy atom. The summed E-state index contributed by atoms with van der Waals surface area (Å²) in [7, 11) is 0. The maximum Gasteiger partial charge on any atom is 0.426 e. The second-order valence-corrected chi connectivity index (χ2v) is 10.6. The lowest BCUT2D eigenvalue weighted by Crippen LogP contribution is -2.37. The van der Waals surface area contributed by atoms with E-state index >= 15 is 0 Å². The van der Waals surface area contributed by atoms with Gasteiger partial charge in [0.1, 0.15) is 29.4 Å². The van der Waals surface area contributed by atoms with Gasteiger partial charge >= 0.3 is 6.09 Å². The smallest absolute Gasteiger partial charge is 0.426 e. The van der Waals surface area contributed by atoms with E-state index in [0.29, 0.717) is 11.6 Å². The van der Waals surface area contributed by atoms with Crippen LogP contribution in [-0.4, -0.2) is 28.1 Å². The predicted molar refractivity (Wildman–Crippen MR) is 153 cm³/mol. The Labute approximate surface area is 242 Å². The van der Waals surface area contributed by atoms with Gasteiger partial charge in [-0.2, -0.15) is 0 Å². The summed E-state index contributed by atoms with van der Waals surface area (Å²) in [5.41, 5.74) is 0.387. The van der Waals surface area contributed by atoms with Crippen molar-refractivity contribution in [2.24, 2.45) is 5.92 Å². The number of allylic oxidation sites excluding steroid dienone is 1. The van der Waals surface area contributed by atoms with Crippen LogP contribution in [0.3, 0.4) is 0 Å². The number of halogens is 2. The second kappa shape index (κ2) is 13.7. The summed E-state index contributed by atoms with van der Waals surface area (Å²) in [6.07, 6.45) is 1.48. The number of pyridine rings is 1. The molecular formula is C31H33F2N3O6. The molecule has 0 aliphatic heterocycles. The molecule has 42 heavy (non-hydrogen) atoms. The van der Waals surface area contributed by atoms with Crippen molar-refractivity contribution in [1.29, 1.82) is 0 Å². The van der Waals surface area contributed by atoms with Crippen molar-refractivity contribution >= 4 is 17.8 Å². The second-order valence-electron chi connectivity index (χ2n) is 10.6. The highest BCUT2D eigenvalue weighted by molar-refractivity contribution is 6.00.